The lowest BCUT2D eigenvalue weighted by atomic mass is 10.2. The fourth-order valence-electron chi connectivity index (χ4n) is 2.38. The van der Waals surface area contributed by atoms with E-state index in [0.717, 1.165) is 16.8 Å². The molecule has 1 aromatic rings. The Hall–Kier alpha value is -0.180. The second-order valence-corrected chi connectivity index (χ2v) is 6.51. The van der Waals surface area contributed by atoms with Crippen LogP contribution < -0.4 is 5.32 Å². The smallest absolute Gasteiger partial charge is 0.0406 e. The van der Waals surface area contributed by atoms with Crippen molar-refractivity contribution in [3.63, 3.8) is 0 Å². The Morgan fingerprint density at radius 2 is 1.89 bits per heavy atom. The molecule has 1 aromatic carbocycles. The standard InChI is InChI=1S/C15H22ClNS/c16-14-8-6-13(7-9-14)12-18-11-3-10-17-15-4-1-2-5-15/h6-9,15,17H,1-5,10-12H2. The van der Waals surface area contributed by atoms with Gasteiger partial charge < -0.3 is 5.32 Å². The number of thioether (sulfide) groups is 1. The van der Waals surface area contributed by atoms with Crippen molar-refractivity contribution in [1.82, 2.24) is 5.32 Å². The molecule has 1 fully saturated rings. The molecule has 0 saturated heterocycles. The van der Waals surface area contributed by atoms with Crippen molar-refractivity contribution in [2.24, 2.45) is 0 Å². The predicted molar refractivity (Wildman–Crippen MR) is 82.5 cm³/mol. The molecule has 0 atom stereocenters. The highest BCUT2D eigenvalue weighted by atomic mass is 35.5. The van der Waals surface area contributed by atoms with Crippen molar-refractivity contribution < 1.29 is 0 Å². The summed E-state index contributed by atoms with van der Waals surface area (Å²) in [7, 11) is 0. The van der Waals surface area contributed by atoms with Crippen LogP contribution >= 0.6 is 23.4 Å². The zero-order valence-electron chi connectivity index (χ0n) is 10.8. The third-order valence-electron chi connectivity index (χ3n) is 3.44. The summed E-state index contributed by atoms with van der Waals surface area (Å²) in [6.45, 7) is 1.18. The van der Waals surface area contributed by atoms with Gasteiger partial charge in [-0.2, -0.15) is 11.8 Å². The molecule has 18 heavy (non-hydrogen) atoms. The van der Waals surface area contributed by atoms with E-state index in [1.807, 2.05) is 23.9 Å². The van der Waals surface area contributed by atoms with Gasteiger partial charge in [0.05, 0.1) is 0 Å². The van der Waals surface area contributed by atoms with Crippen molar-refractivity contribution in [2.45, 2.75) is 43.9 Å². The Kier molecular flexibility index (Phi) is 6.39. The molecule has 1 N–H and O–H groups in total. The van der Waals surface area contributed by atoms with E-state index in [9.17, 15) is 0 Å². The maximum absolute atomic E-state index is 5.86. The molecule has 2 rings (SSSR count). The van der Waals surface area contributed by atoms with Crippen molar-refractivity contribution in [3.8, 4) is 0 Å². The maximum Gasteiger partial charge on any atom is 0.0406 e. The molecule has 1 saturated carbocycles. The first-order valence-corrected chi connectivity index (χ1v) is 8.43. The van der Waals surface area contributed by atoms with Crippen LogP contribution in [0.25, 0.3) is 0 Å². The van der Waals surface area contributed by atoms with Gasteiger partial charge in [-0.3, -0.25) is 0 Å². The van der Waals surface area contributed by atoms with E-state index in [1.165, 1.54) is 50.0 Å². The highest BCUT2D eigenvalue weighted by Gasteiger charge is 2.12. The average Bonchev–Trinajstić information content (AvgIpc) is 2.89. The second-order valence-electron chi connectivity index (χ2n) is 4.97. The van der Waals surface area contributed by atoms with Gasteiger partial charge in [-0.1, -0.05) is 36.6 Å². The molecule has 0 amide bonds. The summed E-state index contributed by atoms with van der Waals surface area (Å²) in [6.07, 6.45) is 6.89. The molecule has 0 aliphatic heterocycles. The summed E-state index contributed by atoms with van der Waals surface area (Å²) in [5.74, 6) is 2.34. The summed E-state index contributed by atoms with van der Waals surface area (Å²) >= 11 is 7.87. The molecule has 0 unspecified atom stereocenters. The largest absolute Gasteiger partial charge is 0.314 e. The van der Waals surface area contributed by atoms with Crippen molar-refractivity contribution in [3.05, 3.63) is 34.9 Å². The Balaban J connectivity index is 1.49. The van der Waals surface area contributed by atoms with Crippen LogP contribution in [-0.4, -0.2) is 18.3 Å². The van der Waals surface area contributed by atoms with Gasteiger partial charge in [0, 0.05) is 16.8 Å². The van der Waals surface area contributed by atoms with E-state index in [1.54, 1.807) is 0 Å². The Labute approximate surface area is 120 Å². The Morgan fingerprint density at radius 3 is 2.61 bits per heavy atom. The summed E-state index contributed by atoms with van der Waals surface area (Å²) in [6, 6.07) is 8.99. The molecule has 1 aliphatic carbocycles. The molecule has 1 nitrogen and oxygen atoms in total. The van der Waals surface area contributed by atoms with E-state index in [0.29, 0.717) is 0 Å². The van der Waals surface area contributed by atoms with Crippen LogP contribution in [0.4, 0.5) is 0 Å². The van der Waals surface area contributed by atoms with Gasteiger partial charge >= 0.3 is 0 Å². The minimum atomic E-state index is 0.811. The average molecular weight is 284 g/mol. The minimum absolute atomic E-state index is 0.811. The molecule has 3 heteroatoms. The fourth-order valence-corrected chi connectivity index (χ4v) is 3.43. The monoisotopic (exact) mass is 283 g/mol. The highest BCUT2D eigenvalue weighted by molar-refractivity contribution is 7.98. The zero-order valence-corrected chi connectivity index (χ0v) is 12.4. The highest BCUT2D eigenvalue weighted by Crippen LogP contribution is 2.18. The number of halogens is 1. The lowest BCUT2D eigenvalue weighted by Crippen LogP contribution is -2.27. The molecular weight excluding hydrogens is 262 g/mol. The van der Waals surface area contributed by atoms with E-state index in [2.05, 4.69) is 17.4 Å². The van der Waals surface area contributed by atoms with Gasteiger partial charge in [-0.25, -0.2) is 0 Å². The topological polar surface area (TPSA) is 12.0 Å². The van der Waals surface area contributed by atoms with E-state index in [4.69, 9.17) is 11.6 Å². The maximum atomic E-state index is 5.86. The Bertz CT molecular complexity index is 333. The molecule has 0 aromatic heterocycles. The van der Waals surface area contributed by atoms with Crippen LogP contribution in [0, 0.1) is 0 Å². The molecule has 0 spiro atoms. The predicted octanol–water partition coefficient (Wildman–Crippen LogP) is 4.50. The molecule has 0 heterocycles. The van der Waals surface area contributed by atoms with Gasteiger partial charge in [0.15, 0.2) is 0 Å². The molecule has 0 radical (unpaired) electrons. The molecule has 0 bridgehead atoms. The zero-order chi connectivity index (χ0) is 12.6. The summed E-state index contributed by atoms with van der Waals surface area (Å²) in [5.41, 5.74) is 1.37. The van der Waals surface area contributed by atoms with Crippen LogP contribution in [0.3, 0.4) is 0 Å². The lowest BCUT2D eigenvalue weighted by Gasteiger charge is -2.11. The number of hydrogen-bond donors (Lipinski definition) is 1. The van der Waals surface area contributed by atoms with Crippen LogP contribution in [-0.2, 0) is 5.75 Å². The second kappa shape index (κ2) is 8.08. The van der Waals surface area contributed by atoms with Gasteiger partial charge in [-0.15, -0.1) is 0 Å². The first-order chi connectivity index (χ1) is 8.84. The molecular formula is C15H22ClNS. The molecule has 1 aliphatic rings. The number of hydrogen-bond acceptors (Lipinski definition) is 2. The van der Waals surface area contributed by atoms with Crippen LogP contribution in [0.1, 0.15) is 37.7 Å². The van der Waals surface area contributed by atoms with E-state index in [-0.39, 0.29) is 0 Å². The van der Waals surface area contributed by atoms with Crippen molar-refractivity contribution in [2.75, 3.05) is 12.3 Å². The van der Waals surface area contributed by atoms with Crippen LogP contribution in [0.15, 0.2) is 24.3 Å². The van der Waals surface area contributed by atoms with E-state index < -0.39 is 0 Å². The first kappa shape index (κ1) is 14.2. The first-order valence-electron chi connectivity index (χ1n) is 6.90. The van der Waals surface area contributed by atoms with Gasteiger partial charge in [0.2, 0.25) is 0 Å². The van der Waals surface area contributed by atoms with Crippen molar-refractivity contribution >= 4 is 23.4 Å². The normalized spacial score (nSPS) is 16.3. The summed E-state index contributed by atoms with van der Waals surface area (Å²) in [4.78, 5) is 0. The third kappa shape index (κ3) is 5.21. The minimum Gasteiger partial charge on any atom is -0.314 e. The summed E-state index contributed by atoms with van der Waals surface area (Å²) < 4.78 is 0. The van der Waals surface area contributed by atoms with E-state index >= 15 is 0 Å². The third-order valence-corrected chi connectivity index (χ3v) is 4.80. The lowest BCUT2D eigenvalue weighted by molar-refractivity contribution is 0.525. The number of rotatable bonds is 7. The SMILES string of the molecule is Clc1ccc(CSCCCNC2CCCC2)cc1. The number of nitrogens with one attached hydrogen (secondary N) is 1. The van der Waals surface area contributed by atoms with Gasteiger partial charge in [0.25, 0.3) is 0 Å². The van der Waals surface area contributed by atoms with Gasteiger partial charge in [-0.05, 0) is 49.3 Å². The molecule has 100 valence electrons. The van der Waals surface area contributed by atoms with Gasteiger partial charge in [0.1, 0.15) is 0 Å². The number of benzene rings is 1. The van der Waals surface area contributed by atoms with Crippen LogP contribution in [0.2, 0.25) is 5.02 Å². The van der Waals surface area contributed by atoms with Crippen LogP contribution in [0.5, 0.6) is 0 Å². The van der Waals surface area contributed by atoms with Crippen molar-refractivity contribution in [1.29, 1.82) is 0 Å². The summed E-state index contributed by atoms with van der Waals surface area (Å²) in [5, 5.41) is 4.48. The quantitative estimate of drug-likeness (QED) is 0.740. The Morgan fingerprint density at radius 1 is 1.17 bits per heavy atom. The fraction of sp³-hybridized carbons (Fsp3) is 0.600.